The first-order chi connectivity index (χ1) is 7.13. The van der Waals surface area contributed by atoms with Crippen molar-refractivity contribution in [2.75, 3.05) is 0 Å². The molecule has 1 aromatic carbocycles. The maximum Gasteiger partial charge on any atom is 0.0991 e. The van der Waals surface area contributed by atoms with Crippen LogP contribution in [0.3, 0.4) is 0 Å². The first-order valence-corrected chi connectivity index (χ1v) is 4.37. The van der Waals surface area contributed by atoms with Gasteiger partial charge < -0.3 is 14.9 Å². The number of carbonyl (C=O) groups excluding carboxylic acids is 1. The van der Waals surface area contributed by atoms with Crippen molar-refractivity contribution in [3.63, 3.8) is 0 Å². The normalized spacial score (nSPS) is 10.1. The van der Waals surface area contributed by atoms with Gasteiger partial charge in [-0.25, -0.2) is 0 Å². The molecule has 15 heavy (non-hydrogen) atoms. The van der Waals surface area contributed by atoms with Crippen LogP contribution in [0.15, 0.2) is 18.2 Å². The van der Waals surface area contributed by atoms with Gasteiger partial charge in [-0.05, 0) is 30.7 Å². The molecule has 4 nitrogen and oxygen atoms in total. The van der Waals surface area contributed by atoms with Gasteiger partial charge in [-0.1, -0.05) is 0 Å². The SMILES string of the molecule is Cc1c(C(=O)[O-])[nH]c2ccc(C#N)cc12. The third kappa shape index (κ3) is 1.34. The Kier molecular flexibility index (Phi) is 1.94. The van der Waals surface area contributed by atoms with Gasteiger partial charge in [0.25, 0.3) is 0 Å². The first-order valence-electron chi connectivity index (χ1n) is 4.37. The Labute approximate surface area is 85.8 Å². The van der Waals surface area contributed by atoms with E-state index < -0.39 is 5.97 Å². The molecule has 0 aliphatic carbocycles. The van der Waals surface area contributed by atoms with E-state index in [9.17, 15) is 9.90 Å². The van der Waals surface area contributed by atoms with Crippen LogP contribution in [0, 0.1) is 18.3 Å². The second kappa shape index (κ2) is 3.14. The molecule has 0 aliphatic rings. The minimum absolute atomic E-state index is 0.0695. The number of H-pyrrole nitrogens is 1. The van der Waals surface area contributed by atoms with Crippen molar-refractivity contribution in [1.82, 2.24) is 4.98 Å². The average molecular weight is 199 g/mol. The summed E-state index contributed by atoms with van der Waals surface area (Å²) in [7, 11) is 0. The monoisotopic (exact) mass is 199 g/mol. The van der Waals surface area contributed by atoms with Crippen molar-refractivity contribution in [3.8, 4) is 6.07 Å². The molecule has 0 unspecified atom stereocenters. The fourth-order valence-electron chi connectivity index (χ4n) is 1.60. The van der Waals surface area contributed by atoms with Gasteiger partial charge in [-0.15, -0.1) is 0 Å². The minimum Gasteiger partial charge on any atom is -0.543 e. The molecule has 0 atom stereocenters. The van der Waals surface area contributed by atoms with E-state index in [4.69, 9.17) is 5.26 Å². The summed E-state index contributed by atoms with van der Waals surface area (Å²) < 4.78 is 0. The Balaban J connectivity index is 2.79. The van der Waals surface area contributed by atoms with Crippen molar-refractivity contribution in [1.29, 1.82) is 5.26 Å². The summed E-state index contributed by atoms with van der Waals surface area (Å²) in [6.45, 7) is 1.69. The second-order valence-corrected chi connectivity index (χ2v) is 3.28. The molecule has 0 saturated carbocycles. The number of aromatic amines is 1. The number of nitrogens with one attached hydrogen (secondary N) is 1. The molecule has 0 fully saturated rings. The van der Waals surface area contributed by atoms with Gasteiger partial charge >= 0.3 is 0 Å². The van der Waals surface area contributed by atoms with Crippen LogP contribution in [0.25, 0.3) is 10.9 Å². The lowest BCUT2D eigenvalue weighted by molar-refractivity contribution is -0.255. The Bertz CT molecular complexity index is 590. The molecule has 1 aromatic heterocycles. The molecule has 0 aliphatic heterocycles. The molecule has 2 aromatic rings. The number of benzene rings is 1. The van der Waals surface area contributed by atoms with Crippen LogP contribution >= 0.6 is 0 Å². The molecular weight excluding hydrogens is 192 g/mol. The molecule has 0 spiro atoms. The highest BCUT2D eigenvalue weighted by atomic mass is 16.4. The number of carboxylic acids is 1. The van der Waals surface area contributed by atoms with E-state index in [2.05, 4.69) is 4.98 Å². The number of aryl methyl sites for hydroxylation is 1. The van der Waals surface area contributed by atoms with Crippen LogP contribution in [-0.2, 0) is 0 Å². The number of hydrogen-bond donors (Lipinski definition) is 1. The topological polar surface area (TPSA) is 79.7 Å². The van der Waals surface area contributed by atoms with Gasteiger partial charge in [0.05, 0.1) is 23.3 Å². The van der Waals surface area contributed by atoms with Crippen molar-refractivity contribution in [2.45, 2.75) is 6.92 Å². The number of hydrogen-bond acceptors (Lipinski definition) is 3. The summed E-state index contributed by atoms with van der Waals surface area (Å²) in [5, 5.41) is 20.2. The predicted octanol–water partition coefficient (Wildman–Crippen LogP) is 0.711. The summed E-state index contributed by atoms with van der Waals surface area (Å²) in [6.07, 6.45) is 0. The van der Waals surface area contributed by atoms with E-state index in [1.807, 2.05) is 6.07 Å². The number of carbonyl (C=O) groups is 1. The Morgan fingerprint density at radius 1 is 1.53 bits per heavy atom. The summed E-state index contributed by atoms with van der Waals surface area (Å²) >= 11 is 0. The largest absolute Gasteiger partial charge is 0.543 e. The van der Waals surface area contributed by atoms with Gasteiger partial charge in [0, 0.05) is 10.9 Å². The van der Waals surface area contributed by atoms with E-state index in [1.54, 1.807) is 25.1 Å². The van der Waals surface area contributed by atoms with Crippen molar-refractivity contribution in [2.24, 2.45) is 0 Å². The highest BCUT2D eigenvalue weighted by Crippen LogP contribution is 2.22. The third-order valence-corrected chi connectivity index (χ3v) is 2.39. The Hall–Kier alpha value is -2.28. The highest BCUT2D eigenvalue weighted by Gasteiger charge is 2.08. The Morgan fingerprint density at radius 3 is 2.87 bits per heavy atom. The van der Waals surface area contributed by atoms with E-state index >= 15 is 0 Å². The van der Waals surface area contributed by atoms with E-state index in [0.29, 0.717) is 16.6 Å². The molecule has 1 N–H and O–H groups in total. The fraction of sp³-hybridized carbons (Fsp3) is 0.0909. The maximum atomic E-state index is 10.7. The van der Waals surface area contributed by atoms with Crippen LogP contribution < -0.4 is 5.11 Å². The highest BCUT2D eigenvalue weighted by molar-refractivity contribution is 5.96. The van der Waals surface area contributed by atoms with E-state index in [-0.39, 0.29) is 5.69 Å². The summed E-state index contributed by atoms with van der Waals surface area (Å²) in [4.78, 5) is 13.5. The van der Waals surface area contributed by atoms with Crippen LogP contribution in [-0.4, -0.2) is 11.0 Å². The number of rotatable bonds is 1. The molecule has 0 radical (unpaired) electrons. The number of nitrogens with zero attached hydrogens (tertiary/aromatic N) is 1. The Morgan fingerprint density at radius 2 is 2.27 bits per heavy atom. The van der Waals surface area contributed by atoms with Crippen LogP contribution in [0.4, 0.5) is 0 Å². The molecular formula is C11H7N2O2-. The van der Waals surface area contributed by atoms with E-state index in [0.717, 1.165) is 5.39 Å². The zero-order valence-corrected chi connectivity index (χ0v) is 8.00. The lowest BCUT2D eigenvalue weighted by Crippen LogP contribution is -2.23. The molecule has 4 heteroatoms. The number of nitriles is 1. The van der Waals surface area contributed by atoms with Crippen LogP contribution in [0.2, 0.25) is 0 Å². The second-order valence-electron chi connectivity index (χ2n) is 3.28. The molecule has 0 amide bonds. The van der Waals surface area contributed by atoms with E-state index in [1.165, 1.54) is 0 Å². The molecule has 0 bridgehead atoms. The first kappa shape index (κ1) is 9.28. The van der Waals surface area contributed by atoms with Crippen LogP contribution in [0.1, 0.15) is 21.6 Å². The zero-order valence-electron chi connectivity index (χ0n) is 8.00. The predicted molar refractivity (Wildman–Crippen MR) is 52.1 cm³/mol. The molecule has 1 heterocycles. The van der Waals surface area contributed by atoms with Gasteiger partial charge in [0.15, 0.2) is 0 Å². The number of carboxylic acid groups (broad SMARTS) is 1. The number of aromatic nitrogens is 1. The van der Waals surface area contributed by atoms with Gasteiger partial charge in [0.1, 0.15) is 0 Å². The van der Waals surface area contributed by atoms with Crippen LogP contribution in [0.5, 0.6) is 0 Å². The van der Waals surface area contributed by atoms with Gasteiger partial charge in [0.2, 0.25) is 0 Å². The smallest absolute Gasteiger partial charge is 0.0991 e. The zero-order chi connectivity index (χ0) is 11.0. The fourth-order valence-corrected chi connectivity index (χ4v) is 1.60. The third-order valence-electron chi connectivity index (χ3n) is 2.39. The lowest BCUT2D eigenvalue weighted by Gasteiger charge is -1.98. The van der Waals surface area contributed by atoms with Gasteiger partial charge in [-0.3, -0.25) is 0 Å². The lowest BCUT2D eigenvalue weighted by atomic mass is 10.1. The minimum atomic E-state index is -1.23. The van der Waals surface area contributed by atoms with Crippen molar-refractivity contribution < 1.29 is 9.90 Å². The molecule has 2 rings (SSSR count). The maximum absolute atomic E-state index is 10.7. The van der Waals surface area contributed by atoms with Gasteiger partial charge in [-0.2, -0.15) is 5.26 Å². The van der Waals surface area contributed by atoms with Crippen molar-refractivity contribution >= 4 is 16.9 Å². The van der Waals surface area contributed by atoms with Crippen molar-refractivity contribution in [3.05, 3.63) is 35.0 Å². The molecule has 74 valence electrons. The number of aromatic carboxylic acids is 1. The summed E-state index contributed by atoms with van der Waals surface area (Å²) in [6, 6.07) is 6.99. The standard InChI is InChI=1S/C11H8N2O2/c1-6-8-4-7(5-12)2-3-9(8)13-10(6)11(14)15/h2-4,13H,1H3,(H,14,15)/p-1. The quantitative estimate of drug-likeness (QED) is 0.734. The number of fused-ring (bicyclic) bond motifs is 1. The molecule has 0 saturated heterocycles. The average Bonchev–Trinajstić information content (AvgIpc) is 2.56. The summed E-state index contributed by atoms with van der Waals surface area (Å²) in [5.41, 5.74) is 1.88. The summed E-state index contributed by atoms with van der Waals surface area (Å²) in [5.74, 6) is -1.23.